The van der Waals surface area contributed by atoms with Crippen LogP contribution in [0.2, 0.25) is 4.34 Å². The third-order valence-electron chi connectivity index (χ3n) is 2.20. The number of fused-ring (bicyclic) bond motifs is 1. The Kier molecular flexibility index (Phi) is 3.52. The predicted molar refractivity (Wildman–Crippen MR) is 73.2 cm³/mol. The molecule has 0 fully saturated rings. The van der Waals surface area contributed by atoms with Crippen LogP contribution in [0.1, 0.15) is 26.5 Å². The Morgan fingerprint density at radius 2 is 2.32 bits per heavy atom. The average Bonchev–Trinajstić information content (AvgIpc) is 2.75. The van der Waals surface area contributed by atoms with Crippen molar-refractivity contribution in [3.63, 3.8) is 0 Å². The van der Waals surface area contributed by atoms with E-state index in [1.54, 1.807) is 26.8 Å². The number of carbonyl (C=O) groups excluding carboxylic acids is 1. The summed E-state index contributed by atoms with van der Waals surface area (Å²) in [5.74, 6) is -0.399. The van der Waals surface area contributed by atoms with Crippen LogP contribution in [-0.2, 0) is 16.1 Å². The summed E-state index contributed by atoms with van der Waals surface area (Å²) in [5, 5.41) is 13.1. The number of aromatic nitrogens is 2. The lowest BCUT2D eigenvalue weighted by atomic mass is 10.2. The summed E-state index contributed by atoms with van der Waals surface area (Å²) >= 11 is 7.19. The first kappa shape index (κ1) is 13.8. The minimum Gasteiger partial charge on any atom is -0.459 e. The molecule has 0 saturated heterocycles. The van der Waals surface area contributed by atoms with E-state index in [2.05, 4.69) is 5.10 Å². The number of esters is 1. The van der Waals surface area contributed by atoms with Crippen molar-refractivity contribution < 1.29 is 9.53 Å². The van der Waals surface area contributed by atoms with Crippen molar-refractivity contribution in [1.29, 1.82) is 5.26 Å². The van der Waals surface area contributed by atoms with Gasteiger partial charge < -0.3 is 4.74 Å². The molecule has 0 N–H and O–H groups in total. The van der Waals surface area contributed by atoms with E-state index in [1.165, 1.54) is 16.0 Å². The largest absolute Gasteiger partial charge is 0.459 e. The lowest BCUT2D eigenvalue weighted by molar-refractivity contribution is -0.155. The van der Waals surface area contributed by atoms with Crippen molar-refractivity contribution in [2.24, 2.45) is 0 Å². The molecule has 7 heteroatoms. The van der Waals surface area contributed by atoms with E-state index >= 15 is 0 Å². The van der Waals surface area contributed by atoms with E-state index in [1.807, 2.05) is 6.07 Å². The first-order valence-electron chi connectivity index (χ1n) is 5.58. The van der Waals surface area contributed by atoms with Gasteiger partial charge in [-0.1, -0.05) is 11.6 Å². The van der Waals surface area contributed by atoms with E-state index in [0.29, 0.717) is 14.6 Å². The van der Waals surface area contributed by atoms with Gasteiger partial charge >= 0.3 is 5.97 Å². The molecule has 0 aliphatic heterocycles. The standard InChI is InChI=1S/C12H12ClN3O2S/c1-12(2,3)18-10(17)6-16-8-4-9(13)19-11(8)7(5-14)15-16/h4H,6H2,1-3H3. The van der Waals surface area contributed by atoms with Crippen LogP contribution >= 0.6 is 22.9 Å². The molecule has 19 heavy (non-hydrogen) atoms. The van der Waals surface area contributed by atoms with Gasteiger partial charge in [0.05, 0.1) is 14.6 Å². The van der Waals surface area contributed by atoms with Crippen LogP contribution in [0.3, 0.4) is 0 Å². The van der Waals surface area contributed by atoms with E-state index < -0.39 is 11.6 Å². The average molecular weight is 298 g/mol. The number of hydrogen-bond acceptors (Lipinski definition) is 5. The highest BCUT2D eigenvalue weighted by atomic mass is 35.5. The Bertz CT molecular complexity index is 675. The predicted octanol–water partition coefficient (Wildman–Crippen LogP) is 2.96. The van der Waals surface area contributed by atoms with E-state index in [0.717, 1.165) is 0 Å². The van der Waals surface area contributed by atoms with Gasteiger partial charge in [-0.2, -0.15) is 10.4 Å². The van der Waals surface area contributed by atoms with Crippen LogP contribution in [-0.4, -0.2) is 21.4 Å². The first-order chi connectivity index (χ1) is 8.80. The highest BCUT2D eigenvalue weighted by molar-refractivity contribution is 7.22. The van der Waals surface area contributed by atoms with Crippen LogP contribution in [0.15, 0.2) is 6.07 Å². The Labute approximate surface area is 119 Å². The second-order valence-electron chi connectivity index (χ2n) is 4.97. The van der Waals surface area contributed by atoms with E-state index in [9.17, 15) is 4.79 Å². The molecule has 2 aromatic rings. The summed E-state index contributed by atoms with van der Waals surface area (Å²) in [6.07, 6.45) is 0. The summed E-state index contributed by atoms with van der Waals surface area (Å²) in [6.45, 7) is 5.35. The molecule has 0 saturated carbocycles. The molecule has 0 aliphatic rings. The topological polar surface area (TPSA) is 67.9 Å². The van der Waals surface area contributed by atoms with E-state index in [4.69, 9.17) is 21.6 Å². The van der Waals surface area contributed by atoms with Gasteiger partial charge in [0.1, 0.15) is 18.2 Å². The van der Waals surface area contributed by atoms with Gasteiger partial charge in [0.15, 0.2) is 5.69 Å². The van der Waals surface area contributed by atoms with Gasteiger partial charge in [0, 0.05) is 0 Å². The maximum atomic E-state index is 11.8. The summed E-state index contributed by atoms with van der Waals surface area (Å²) in [4.78, 5) is 11.8. The van der Waals surface area contributed by atoms with Gasteiger partial charge in [0.25, 0.3) is 0 Å². The molecule has 0 amide bonds. The van der Waals surface area contributed by atoms with Crippen molar-refractivity contribution in [3.05, 3.63) is 16.1 Å². The molecular formula is C12H12ClN3O2S. The summed E-state index contributed by atoms with van der Waals surface area (Å²) in [5.41, 5.74) is 0.404. The maximum absolute atomic E-state index is 11.8. The smallest absolute Gasteiger partial charge is 0.328 e. The summed E-state index contributed by atoms with van der Waals surface area (Å²) in [7, 11) is 0. The third kappa shape index (κ3) is 3.06. The minimum absolute atomic E-state index is 0.0392. The molecule has 0 bridgehead atoms. The lowest BCUT2D eigenvalue weighted by Crippen LogP contribution is -2.26. The van der Waals surface area contributed by atoms with Gasteiger partial charge in [-0.05, 0) is 26.8 Å². The van der Waals surface area contributed by atoms with Crippen LogP contribution in [0.25, 0.3) is 10.2 Å². The Balaban J connectivity index is 2.31. The van der Waals surface area contributed by atoms with Gasteiger partial charge in [0.2, 0.25) is 0 Å². The molecular weight excluding hydrogens is 286 g/mol. The van der Waals surface area contributed by atoms with Crippen molar-refractivity contribution in [2.75, 3.05) is 0 Å². The number of hydrogen-bond donors (Lipinski definition) is 0. The second kappa shape index (κ2) is 4.83. The van der Waals surface area contributed by atoms with Crippen molar-refractivity contribution >= 4 is 39.1 Å². The van der Waals surface area contributed by atoms with E-state index in [-0.39, 0.29) is 12.2 Å². The lowest BCUT2D eigenvalue weighted by Gasteiger charge is -2.19. The monoisotopic (exact) mass is 297 g/mol. The van der Waals surface area contributed by atoms with Crippen molar-refractivity contribution in [1.82, 2.24) is 9.78 Å². The van der Waals surface area contributed by atoms with Crippen molar-refractivity contribution in [3.8, 4) is 6.07 Å². The number of rotatable bonds is 2. The highest BCUT2D eigenvalue weighted by Gasteiger charge is 2.20. The first-order valence-corrected chi connectivity index (χ1v) is 6.77. The number of carbonyl (C=O) groups is 1. The fourth-order valence-corrected chi connectivity index (χ4v) is 2.78. The molecule has 0 aromatic carbocycles. The normalized spacial score (nSPS) is 11.5. The number of nitriles is 1. The van der Waals surface area contributed by atoms with Crippen LogP contribution in [0.5, 0.6) is 0 Å². The SMILES string of the molecule is CC(C)(C)OC(=O)Cn1nc(C#N)c2sc(Cl)cc21. The van der Waals surface area contributed by atoms with Crippen LogP contribution < -0.4 is 0 Å². The number of thiophene rings is 1. The molecule has 0 unspecified atom stereocenters. The molecule has 0 aliphatic carbocycles. The van der Waals surface area contributed by atoms with Gasteiger partial charge in [-0.15, -0.1) is 11.3 Å². The molecule has 100 valence electrons. The number of ether oxygens (including phenoxy) is 1. The number of halogens is 1. The molecule has 0 radical (unpaired) electrons. The highest BCUT2D eigenvalue weighted by Crippen LogP contribution is 2.31. The molecule has 5 nitrogen and oxygen atoms in total. The van der Waals surface area contributed by atoms with Crippen molar-refractivity contribution in [2.45, 2.75) is 32.9 Å². The Morgan fingerprint density at radius 1 is 1.63 bits per heavy atom. The minimum atomic E-state index is -0.548. The quantitative estimate of drug-likeness (QED) is 0.799. The summed E-state index contributed by atoms with van der Waals surface area (Å²) < 4.78 is 7.92. The third-order valence-corrected chi connectivity index (χ3v) is 3.46. The zero-order chi connectivity index (χ0) is 14.2. The fourth-order valence-electron chi connectivity index (χ4n) is 1.62. The van der Waals surface area contributed by atoms with Crippen LogP contribution in [0.4, 0.5) is 0 Å². The Morgan fingerprint density at radius 3 is 2.89 bits per heavy atom. The molecule has 2 heterocycles. The molecule has 0 spiro atoms. The molecule has 0 atom stereocenters. The van der Waals surface area contributed by atoms with Gasteiger partial charge in [-0.3, -0.25) is 9.48 Å². The zero-order valence-corrected chi connectivity index (χ0v) is 12.3. The van der Waals surface area contributed by atoms with Gasteiger partial charge in [-0.25, -0.2) is 0 Å². The molecule has 2 aromatic heterocycles. The van der Waals surface area contributed by atoms with Crippen LogP contribution in [0, 0.1) is 11.3 Å². The fraction of sp³-hybridized carbons (Fsp3) is 0.417. The zero-order valence-electron chi connectivity index (χ0n) is 10.7. The maximum Gasteiger partial charge on any atom is 0.328 e. The number of nitrogens with zero attached hydrogens (tertiary/aromatic N) is 3. The second-order valence-corrected chi connectivity index (χ2v) is 6.65. The molecule has 2 rings (SSSR count). The summed E-state index contributed by atoms with van der Waals surface area (Å²) in [6, 6.07) is 3.69. The Hall–Kier alpha value is -1.58.